The van der Waals surface area contributed by atoms with Crippen LogP contribution in [0.2, 0.25) is 0 Å². The number of nitrogens with one attached hydrogen (secondary N) is 1. The lowest BCUT2D eigenvalue weighted by atomic mass is 10.0. The van der Waals surface area contributed by atoms with Gasteiger partial charge in [-0.25, -0.2) is 12.8 Å². The third-order valence-electron chi connectivity index (χ3n) is 6.75. The molecule has 1 heterocycles. The summed E-state index contributed by atoms with van der Waals surface area (Å²) in [5.41, 5.74) is 0.623. The second kappa shape index (κ2) is 12.9. The molecule has 3 aromatic carbocycles. The summed E-state index contributed by atoms with van der Waals surface area (Å²) in [5, 5.41) is 23.3. The topological polar surface area (TPSA) is 167 Å². The summed E-state index contributed by atoms with van der Waals surface area (Å²) in [4.78, 5) is 50.2. The molecule has 14 heteroatoms. The molecule has 3 aromatic rings. The normalized spacial score (nSPS) is 16.1. The van der Waals surface area contributed by atoms with E-state index in [0.29, 0.717) is 6.42 Å². The van der Waals surface area contributed by atoms with Crippen molar-refractivity contribution in [3.63, 3.8) is 0 Å². The number of halogens is 1. The number of nitrogens with zero attached hydrogens (tertiary/aromatic N) is 3. The molecular weight excluding hydrogens is 571 g/mol. The number of hydrogen-bond donors (Lipinski definition) is 2. The molecule has 2 N–H and O–H groups in total. The lowest BCUT2D eigenvalue weighted by Crippen LogP contribution is -2.54. The Kier molecular flexibility index (Phi) is 9.28. The maximum absolute atomic E-state index is 13.8. The van der Waals surface area contributed by atoms with E-state index in [1.54, 1.807) is 12.1 Å². The van der Waals surface area contributed by atoms with Gasteiger partial charge in [-0.1, -0.05) is 42.5 Å². The van der Waals surface area contributed by atoms with Crippen molar-refractivity contribution in [1.82, 2.24) is 14.5 Å². The SMILES string of the molecule is O=C(O)CC(NC(=O)C1N(C(=O)CCc2ccccc2)CCN1S(=O)(=O)c1ccc(F)cc1)c1cccc([N+](=O)[O-])c1. The highest BCUT2D eigenvalue weighted by molar-refractivity contribution is 7.89. The number of hydrogen-bond acceptors (Lipinski definition) is 7. The van der Waals surface area contributed by atoms with Crippen LogP contribution in [0.5, 0.6) is 0 Å². The quantitative estimate of drug-likeness (QED) is 0.251. The number of carboxylic acid groups (broad SMARTS) is 1. The number of nitro groups is 1. The first kappa shape index (κ1) is 30.3. The van der Waals surface area contributed by atoms with Crippen molar-refractivity contribution < 1.29 is 37.2 Å². The lowest BCUT2D eigenvalue weighted by Gasteiger charge is -2.30. The van der Waals surface area contributed by atoms with Crippen molar-refractivity contribution >= 4 is 33.5 Å². The van der Waals surface area contributed by atoms with E-state index in [2.05, 4.69) is 5.32 Å². The average molecular weight is 599 g/mol. The highest BCUT2D eigenvalue weighted by atomic mass is 32.2. The predicted octanol–water partition coefficient (Wildman–Crippen LogP) is 2.86. The van der Waals surface area contributed by atoms with Crippen molar-refractivity contribution in [2.24, 2.45) is 0 Å². The first-order chi connectivity index (χ1) is 20.0. The Morgan fingerprint density at radius 2 is 1.71 bits per heavy atom. The Balaban J connectivity index is 1.67. The molecule has 0 aliphatic carbocycles. The van der Waals surface area contributed by atoms with Gasteiger partial charge in [-0.2, -0.15) is 4.31 Å². The van der Waals surface area contributed by atoms with Crippen LogP contribution in [0.3, 0.4) is 0 Å². The van der Waals surface area contributed by atoms with Crippen LogP contribution in [0.4, 0.5) is 10.1 Å². The van der Waals surface area contributed by atoms with Crippen LogP contribution in [0.1, 0.15) is 30.0 Å². The monoisotopic (exact) mass is 598 g/mol. The minimum Gasteiger partial charge on any atom is -0.481 e. The smallest absolute Gasteiger partial charge is 0.305 e. The first-order valence-corrected chi connectivity index (χ1v) is 14.3. The Labute approximate surface area is 240 Å². The van der Waals surface area contributed by atoms with Gasteiger partial charge in [-0.05, 0) is 41.8 Å². The van der Waals surface area contributed by atoms with Crippen LogP contribution in [0.25, 0.3) is 0 Å². The Bertz CT molecular complexity index is 1580. The minimum atomic E-state index is -4.42. The first-order valence-electron chi connectivity index (χ1n) is 12.8. The Morgan fingerprint density at radius 3 is 2.36 bits per heavy atom. The molecule has 2 atom stereocenters. The number of rotatable bonds is 11. The summed E-state index contributed by atoms with van der Waals surface area (Å²) in [5.74, 6) is -3.51. The van der Waals surface area contributed by atoms with E-state index in [1.807, 2.05) is 18.2 Å². The van der Waals surface area contributed by atoms with Crippen LogP contribution in [-0.2, 0) is 30.8 Å². The summed E-state index contributed by atoms with van der Waals surface area (Å²) in [7, 11) is -4.42. The van der Waals surface area contributed by atoms with E-state index < -0.39 is 57.2 Å². The number of non-ortho nitro benzene ring substituents is 1. The van der Waals surface area contributed by atoms with Gasteiger partial charge in [0.25, 0.3) is 11.6 Å². The lowest BCUT2D eigenvalue weighted by molar-refractivity contribution is -0.384. The van der Waals surface area contributed by atoms with Gasteiger partial charge in [0.1, 0.15) is 5.82 Å². The second-order valence-electron chi connectivity index (χ2n) is 9.53. The molecule has 220 valence electrons. The molecule has 4 rings (SSSR count). The fourth-order valence-corrected chi connectivity index (χ4v) is 6.25. The van der Waals surface area contributed by atoms with Crippen molar-refractivity contribution in [2.75, 3.05) is 13.1 Å². The van der Waals surface area contributed by atoms with Gasteiger partial charge < -0.3 is 15.3 Å². The van der Waals surface area contributed by atoms with E-state index in [-0.39, 0.29) is 35.7 Å². The summed E-state index contributed by atoms with van der Waals surface area (Å²) < 4.78 is 41.5. The molecule has 1 aliphatic rings. The molecule has 0 radical (unpaired) electrons. The number of carboxylic acids is 1. The molecule has 42 heavy (non-hydrogen) atoms. The van der Waals surface area contributed by atoms with E-state index in [0.717, 1.165) is 45.1 Å². The van der Waals surface area contributed by atoms with Gasteiger partial charge in [0, 0.05) is 31.6 Å². The Morgan fingerprint density at radius 1 is 1.02 bits per heavy atom. The molecular formula is C28H27FN4O8S. The maximum Gasteiger partial charge on any atom is 0.305 e. The number of carbonyl (C=O) groups excluding carboxylic acids is 2. The number of carbonyl (C=O) groups is 3. The number of sulfonamides is 1. The van der Waals surface area contributed by atoms with Crippen molar-refractivity contribution in [2.45, 2.75) is 36.4 Å². The van der Waals surface area contributed by atoms with E-state index in [9.17, 15) is 42.4 Å². The van der Waals surface area contributed by atoms with E-state index >= 15 is 0 Å². The predicted molar refractivity (Wildman–Crippen MR) is 147 cm³/mol. The van der Waals surface area contributed by atoms with Gasteiger partial charge >= 0.3 is 5.97 Å². The van der Waals surface area contributed by atoms with Crippen LogP contribution in [0, 0.1) is 15.9 Å². The molecule has 1 saturated heterocycles. The fraction of sp³-hybridized carbons (Fsp3) is 0.250. The molecule has 0 bridgehead atoms. The van der Waals surface area contributed by atoms with Crippen molar-refractivity contribution in [3.8, 4) is 0 Å². The van der Waals surface area contributed by atoms with Gasteiger partial charge in [-0.3, -0.25) is 24.5 Å². The number of aryl methyl sites for hydroxylation is 1. The minimum absolute atomic E-state index is 0.0400. The van der Waals surface area contributed by atoms with Crippen LogP contribution >= 0.6 is 0 Å². The molecule has 0 aromatic heterocycles. The Hall–Kier alpha value is -4.69. The zero-order valence-corrected chi connectivity index (χ0v) is 22.9. The third kappa shape index (κ3) is 6.95. The van der Waals surface area contributed by atoms with Crippen molar-refractivity contribution in [3.05, 3.63) is 106 Å². The number of benzene rings is 3. The van der Waals surface area contributed by atoms with Crippen molar-refractivity contribution in [1.29, 1.82) is 0 Å². The molecule has 12 nitrogen and oxygen atoms in total. The van der Waals surface area contributed by atoms with Crippen LogP contribution < -0.4 is 5.32 Å². The summed E-state index contributed by atoms with van der Waals surface area (Å²) in [6.45, 7) is -0.387. The van der Waals surface area contributed by atoms with Crippen LogP contribution in [-0.4, -0.2) is 64.7 Å². The molecule has 2 unspecified atom stereocenters. The van der Waals surface area contributed by atoms with E-state index in [4.69, 9.17) is 0 Å². The average Bonchev–Trinajstić information content (AvgIpc) is 3.43. The third-order valence-corrected chi connectivity index (χ3v) is 8.62. The number of nitro benzene ring substituents is 1. The standard InChI is InChI=1S/C28H27FN4O8S/c29-21-10-12-23(13-11-21)42(40,41)32-16-15-31(25(34)14-9-19-5-2-1-3-6-19)28(32)27(37)30-24(18-26(35)36)20-7-4-8-22(17-20)33(38)39/h1-8,10-13,17,24,28H,9,14-16,18H2,(H,30,37)(H,35,36). The molecule has 2 amide bonds. The zero-order chi connectivity index (χ0) is 30.4. The fourth-order valence-electron chi connectivity index (χ4n) is 4.70. The van der Waals surface area contributed by atoms with Gasteiger partial charge in [0.05, 0.1) is 22.3 Å². The second-order valence-corrected chi connectivity index (χ2v) is 11.4. The molecule has 1 aliphatic heterocycles. The van der Waals surface area contributed by atoms with E-state index in [1.165, 1.54) is 18.2 Å². The molecule has 0 saturated carbocycles. The van der Waals surface area contributed by atoms with Gasteiger partial charge in [0.2, 0.25) is 15.9 Å². The van der Waals surface area contributed by atoms with Gasteiger partial charge in [-0.15, -0.1) is 0 Å². The summed E-state index contributed by atoms with van der Waals surface area (Å²) in [6, 6.07) is 16.8. The number of aliphatic carboxylic acids is 1. The maximum atomic E-state index is 13.8. The van der Waals surface area contributed by atoms with Crippen LogP contribution in [0.15, 0.2) is 83.8 Å². The highest BCUT2D eigenvalue weighted by Crippen LogP contribution is 2.28. The molecule has 1 fully saturated rings. The van der Waals surface area contributed by atoms with Gasteiger partial charge in [0.15, 0.2) is 6.17 Å². The summed E-state index contributed by atoms with van der Waals surface area (Å²) >= 11 is 0. The highest BCUT2D eigenvalue weighted by Gasteiger charge is 2.46. The largest absolute Gasteiger partial charge is 0.481 e. The zero-order valence-electron chi connectivity index (χ0n) is 22.1. The molecule has 0 spiro atoms. The number of amides is 2. The summed E-state index contributed by atoms with van der Waals surface area (Å²) in [6.07, 6.45) is -2.09.